The molecule has 29 heavy (non-hydrogen) atoms. The summed E-state index contributed by atoms with van der Waals surface area (Å²) < 4.78 is 7.83. The van der Waals surface area contributed by atoms with Gasteiger partial charge in [0.05, 0.1) is 23.4 Å². The van der Waals surface area contributed by atoms with Crippen LogP contribution in [0.25, 0.3) is 11.3 Å². The van der Waals surface area contributed by atoms with Crippen molar-refractivity contribution in [1.82, 2.24) is 29.9 Å². The first kappa shape index (κ1) is 18.4. The Balaban J connectivity index is 1.35. The van der Waals surface area contributed by atoms with Gasteiger partial charge in [-0.1, -0.05) is 16.8 Å². The molecule has 8 nitrogen and oxygen atoms in total. The molecule has 2 fully saturated rings. The maximum atomic E-state index is 5.99. The van der Waals surface area contributed by atoms with E-state index in [1.165, 1.54) is 6.33 Å². The van der Waals surface area contributed by atoms with E-state index in [0.717, 1.165) is 43.0 Å². The number of hydrogen-bond acceptors (Lipinski definition) is 7. The van der Waals surface area contributed by atoms with E-state index in [4.69, 9.17) is 16.3 Å². The molecular formula is C20H22ClN7O. The Labute approximate surface area is 173 Å². The highest BCUT2D eigenvalue weighted by molar-refractivity contribution is 6.30. The fourth-order valence-electron chi connectivity index (χ4n) is 4.67. The predicted octanol–water partition coefficient (Wildman–Crippen LogP) is 2.89. The van der Waals surface area contributed by atoms with E-state index in [1.807, 2.05) is 23.0 Å². The molecule has 1 saturated carbocycles. The minimum atomic E-state index is 0.107. The number of nitrogens with zero attached hydrogens (tertiary/aromatic N) is 7. The SMILES string of the molecule is CO[C@@H]1C[C@H]2CN(c3ccc(Cl)cn3)C[C@H]2C[C@H]1n1cc(-c2cncnc2)nn1. The zero-order valence-corrected chi connectivity index (χ0v) is 16.9. The second kappa shape index (κ2) is 7.68. The molecule has 0 aromatic carbocycles. The average Bonchev–Trinajstić information content (AvgIpc) is 3.41. The van der Waals surface area contributed by atoms with Crippen LogP contribution in [-0.4, -0.2) is 56.2 Å². The van der Waals surface area contributed by atoms with E-state index in [1.54, 1.807) is 25.7 Å². The van der Waals surface area contributed by atoms with Crippen LogP contribution in [0.1, 0.15) is 18.9 Å². The fourth-order valence-corrected chi connectivity index (χ4v) is 4.78. The molecule has 0 spiro atoms. The van der Waals surface area contributed by atoms with Crippen LogP contribution in [0, 0.1) is 11.8 Å². The Hall–Kier alpha value is -2.58. The summed E-state index contributed by atoms with van der Waals surface area (Å²) in [5, 5.41) is 9.40. The van der Waals surface area contributed by atoms with Gasteiger partial charge in [-0.3, -0.25) is 0 Å². The van der Waals surface area contributed by atoms with E-state index < -0.39 is 0 Å². The Bertz CT molecular complexity index is 964. The molecule has 5 rings (SSSR count). The molecule has 3 aromatic heterocycles. The Kier molecular flexibility index (Phi) is 4.89. The first-order valence-corrected chi connectivity index (χ1v) is 10.2. The van der Waals surface area contributed by atoms with E-state index in [2.05, 4.69) is 30.2 Å². The molecule has 0 bridgehead atoms. The summed E-state index contributed by atoms with van der Waals surface area (Å²) in [6.45, 7) is 1.98. The third kappa shape index (κ3) is 3.58. The standard InChI is InChI=1S/C20H22ClN7O/c1-29-19-5-14-10-27(20-3-2-16(21)8-24-20)9-13(14)4-18(19)28-11-17(25-26-28)15-6-22-12-23-7-15/h2-3,6-8,11-14,18-19H,4-5,9-10H2,1H3/t13-,14+,18-,19-/m1/s1. The maximum Gasteiger partial charge on any atom is 0.128 e. The number of pyridine rings is 1. The van der Waals surface area contributed by atoms with Gasteiger partial charge in [-0.25, -0.2) is 19.6 Å². The molecular weight excluding hydrogens is 390 g/mol. The van der Waals surface area contributed by atoms with Crippen LogP contribution in [0.5, 0.6) is 0 Å². The van der Waals surface area contributed by atoms with Gasteiger partial charge in [0.1, 0.15) is 17.8 Å². The monoisotopic (exact) mass is 411 g/mol. The zero-order chi connectivity index (χ0) is 19.8. The largest absolute Gasteiger partial charge is 0.379 e. The summed E-state index contributed by atoms with van der Waals surface area (Å²) in [6.07, 6.45) is 10.8. The van der Waals surface area contributed by atoms with Gasteiger partial charge in [-0.05, 0) is 36.8 Å². The number of rotatable bonds is 4. The Morgan fingerprint density at radius 1 is 1.07 bits per heavy atom. The smallest absolute Gasteiger partial charge is 0.128 e. The minimum absolute atomic E-state index is 0.107. The highest BCUT2D eigenvalue weighted by atomic mass is 35.5. The summed E-state index contributed by atoms with van der Waals surface area (Å²) >= 11 is 5.99. The van der Waals surface area contributed by atoms with Gasteiger partial charge in [-0.15, -0.1) is 5.10 Å². The normalized spacial score (nSPS) is 26.5. The Morgan fingerprint density at radius 2 is 1.86 bits per heavy atom. The van der Waals surface area contributed by atoms with Gasteiger partial charge in [0, 0.05) is 44.4 Å². The lowest BCUT2D eigenvalue weighted by molar-refractivity contribution is -0.00541. The molecule has 1 saturated heterocycles. The van der Waals surface area contributed by atoms with Crippen LogP contribution in [0.2, 0.25) is 5.02 Å². The van der Waals surface area contributed by atoms with Crippen molar-refractivity contribution in [2.75, 3.05) is 25.1 Å². The van der Waals surface area contributed by atoms with Crippen molar-refractivity contribution >= 4 is 17.4 Å². The first-order chi connectivity index (χ1) is 14.2. The molecule has 1 aliphatic carbocycles. The topological polar surface area (TPSA) is 81.9 Å². The quantitative estimate of drug-likeness (QED) is 0.652. The summed E-state index contributed by atoms with van der Waals surface area (Å²) in [5.41, 5.74) is 1.64. The predicted molar refractivity (Wildman–Crippen MR) is 109 cm³/mol. The Morgan fingerprint density at radius 3 is 2.59 bits per heavy atom. The number of ether oxygens (including phenoxy) is 1. The van der Waals surface area contributed by atoms with Gasteiger partial charge in [-0.2, -0.15) is 0 Å². The molecule has 150 valence electrons. The number of aromatic nitrogens is 6. The average molecular weight is 412 g/mol. The fraction of sp³-hybridized carbons (Fsp3) is 0.450. The van der Waals surface area contributed by atoms with Gasteiger partial charge in [0.15, 0.2) is 0 Å². The summed E-state index contributed by atoms with van der Waals surface area (Å²) in [7, 11) is 1.79. The van der Waals surface area contributed by atoms with E-state index >= 15 is 0 Å². The summed E-state index contributed by atoms with van der Waals surface area (Å²) in [4.78, 5) is 15.0. The van der Waals surface area contributed by atoms with E-state index in [0.29, 0.717) is 16.9 Å². The van der Waals surface area contributed by atoms with Crippen molar-refractivity contribution in [3.05, 3.63) is 48.3 Å². The highest BCUT2D eigenvalue weighted by Gasteiger charge is 2.43. The molecule has 0 radical (unpaired) electrons. The van der Waals surface area contributed by atoms with Gasteiger partial charge in [0.25, 0.3) is 0 Å². The molecule has 4 atom stereocenters. The highest BCUT2D eigenvalue weighted by Crippen LogP contribution is 2.43. The van der Waals surface area contributed by atoms with Crippen molar-refractivity contribution < 1.29 is 4.74 Å². The van der Waals surface area contributed by atoms with Crippen LogP contribution in [0.3, 0.4) is 0 Å². The molecule has 9 heteroatoms. The molecule has 1 aliphatic heterocycles. The van der Waals surface area contributed by atoms with Crippen molar-refractivity contribution in [2.45, 2.75) is 25.0 Å². The molecule has 3 aromatic rings. The van der Waals surface area contributed by atoms with E-state index in [-0.39, 0.29) is 12.1 Å². The van der Waals surface area contributed by atoms with Gasteiger partial charge < -0.3 is 9.64 Å². The molecule has 2 aliphatic rings. The van der Waals surface area contributed by atoms with Gasteiger partial charge in [0.2, 0.25) is 0 Å². The van der Waals surface area contributed by atoms with Crippen molar-refractivity contribution in [3.8, 4) is 11.3 Å². The number of fused-ring (bicyclic) bond motifs is 1. The lowest BCUT2D eigenvalue weighted by atomic mass is 9.77. The molecule has 0 unspecified atom stereocenters. The lowest BCUT2D eigenvalue weighted by Gasteiger charge is -2.36. The summed E-state index contributed by atoms with van der Waals surface area (Å²) in [5.74, 6) is 2.14. The van der Waals surface area contributed by atoms with Crippen LogP contribution in [0.4, 0.5) is 5.82 Å². The molecule has 0 amide bonds. The minimum Gasteiger partial charge on any atom is -0.379 e. The second-order valence-electron chi connectivity index (χ2n) is 7.78. The van der Waals surface area contributed by atoms with E-state index in [9.17, 15) is 0 Å². The second-order valence-corrected chi connectivity index (χ2v) is 8.22. The lowest BCUT2D eigenvalue weighted by Crippen LogP contribution is -2.37. The van der Waals surface area contributed by atoms with Crippen molar-refractivity contribution in [3.63, 3.8) is 0 Å². The molecule has 4 heterocycles. The maximum absolute atomic E-state index is 5.99. The van der Waals surface area contributed by atoms with Crippen LogP contribution >= 0.6 is 11.6 Å². The van der Waals surface area contributed by atoms with Crippen LogP contribution < -0.4 is 4.90 Å². The summed E-state index contributed by atoms with van der Waals surface area (Å²) in [6, 6.07) is 4.05. The third-order valence-corrected chi connectivity index (χ3v) is 6.35. The van der Waals surface area contributed by atoms with Gasteiger partial charge >= 0.3 is 0 Å². The van der Waals surface area contributed by atoms with Crippen LogP contribution in [0.15, 0.2) is 43.2 Å². The van der Waals surface area contributed by atoms with Crippen LogP contribution in [-0.2, 0) is 4.74 Å². The van der Waals surface area contributed by atoms with Crippen molar-refractivity contribution in [1.29, 1.82) is 0 Å². The molecule has 0 N–H and O–H groups in total. The van der Waals surface area contributed by atoms with Crippen molar-refractivity contribution in [2.24, 2.45) is 11.8 Å². The number of halogens is 1. The first-order valence-electron chi connectivity index (χ1n) is 9.78. The number of methoxy groups -OCH3 is 1. The number of anilines is 1. The zero-order valence-electron chi connectivity index (χ0n) is 16.1. The number of hydrogen-bond donors (Lipinski definition) is 0. The third-order valence-electron chi connectivity index (χ3n) is 6.13.